The topological polar surface area (TPSA) is 148 Å². The summed E-state index contributed by atoms with van der Waals surface area (Å²) in [6.07, 6.45) is -0.0605. The van der Waals surface area contributed by atoms with Gasteiger partial charge in [0.25, 0.3) is 11.8 Å². The SMILES string of the molecule is CCOC(=O)CC(C)N1CC(=O)N(C(C)C)c2ccc(C#CC(=O)NCC(N)C(=O)OC(C)(C)C)cc2C1=O. The number of esters is 2. The van der Waals surface area contributed by atoms with Crippen LogP contribution in [0.3, 0.4) is 0 Å². The van der Waals surface area contributed by atoms with Crippen LogP contribution in [0.1, 0.15) is 70.8 Å². The van der Waals surface area contributed by atoms with Crippen LogP contribution >= 0.6 is 0 Å². The highest BCUT2D eigenvalue weighted by Crippen LogP contribution is 2.29. The number of rotatable bonds is 8. The maximum Gasteiger partial charge on any atom is 0.325 e. The molecule has 1 aromatic rings. The van der Waals surface area contributed by atoms with Crippen molar-refractivity contribution in [1.29, 1.82) is 0 Å². The quantitative estimate of drug-likeness (QED) is 0.370. The molecule has 0 bridgehead atoms. The van der Waals surface area contributed by atoms with Crippen LogP contribution < -0.4 is 16.0 Å². The second-order valence-corrected chi connectivity index (χ2v) is 10.5. The van der Waals surface area contributed by atoms with E-state index in [1.807, 2.05) is 13.8 Å². The lowest BCUT2D eigenvalue weighted by Crippen LogP contribution is -2.46. The van der Waals surface area contributed by atoms with Crippen molar-refractivity contribution in [3.63, 3.8) is 0 Å². The summed E-state index contributed by atoms with van der Waals surface area (Å²) in [6.45, 7) is 12.0. The van der Waals surface area contributed by atoms with Crippen LogP contribution in [0.15, 0.2) is 18.2 Å². The Morgan fingerprint density at radius 2 is 1.82 bits per heavy atom. The second kappa shape index (κ2) is 13.2. The van der Waals surface area contributed by atoms with E-state index in [0.717, 1.165) is 0 Å². The number of amides is 3. The lowest BCUT2D eigenvalue weighted by atomic mass is 10.0. The maximum absolute atomic E-state index is 13.6. The predicted octanol–water partition coefficient (Wildman–Crippen LogP) is 1.36. The lowest BCUT2D eigenvalue weighted by molar-refractivity contribution is -0.156. The number of carbonyl (C=O) groups is 5. The molecule has 39 heavy (non-hydrogen) atoms. The Morgan fingerprint density at radius 3 is 2.41 bits per heavy atom. The predicted molar refractivity (Wildman–Crippen MR) is 145 cm³/mol. The third-order valence-electron chi connectivity index (χ3n) is 5.65. The summed E-state index contributed by atoms with van der Waals surface area (Å²) in [5.74, 6) is 2.63. The van der Waals surface area contributed by atoms with Gasteiger partial charge in [-0.1, -0.05) is 5.92 Å². The van der Waals surface area contributed by atoms with Crippen LogP contribution in [0.5, 0.6) is 0 Å². The fraction of sp³-hybridized carbons (Fsp3) is 0.536. The van der Waals surface area contributed by atoms with E-state index in [4.69, 9.17) is 15.2 Å². The van der Waals surface area contributed by atoms with Gasteiger partial charge in [0.2, 0.25) is 5.91 Å². The molecule has 0 saturated heterocycles. The van der Waals surface area contributed by atoms with E-state index in [0.29, 0.717) is 11.3 Å². The van der Waals surface area contributed by atoms with E-state index in [2.05, 4.69) is 17.2 Å². The Balaban J connectivity index is 2.27. The van der Waals surface area contributed by atoms with Gasteiger partial charge in [0.15, 0.2) is 0 Å². The molecule has 0 aliphatic carbocycles. The standard InChI is InChI=1S/C28H38N4O7/c1-8-38-25(35)13-18(4)31-16-24(34)32(17(2)3)22-11-9-19(14-20(22)26(31)36)10-12-23(33)30-15-21(29)27(37)39-28(5,6)7/h9,11,14,17-18,21H,8,13,15-16,29H2,1-7H3,(H,30,33). The number of ether oxygens (including phenoxy) is 2. The summed E-state index contributed by atoms with van der Waals surface area (Å²) < 4.78 is 10.2. The summed E-state index contributed by atoms with van der Waals surface area (Å²) >= 11 is 0. The highest BCUT2D eigenvalue weighted by atomic mass is 16.6. The first-order chi connectivity index (χ1) is 18.1. The number of anilines is 1. The normalized spacial score (nSPS) is 15.0. The smallest absolute Gasteiger partial charge is 0.325 e. The molecular weight excluding hydrogens is 504 g/mol. The highest BCUT2D eigenvalue weighted by Gasteiger charge is 2.35. The first kappa shape index (κ1) is 31.3. The largest absolute Gasteiger partial charge is 0.466 e. The van der Waals surface area contributed by atoms with Crippen molar-refractivity contribution in [2.75, 3.05) is 24.6 Å². The van der Waals surface area contributed by atoms with Crippen LogP contribution in [-0.4, -0.2) is 78.0 Å². The summed E-state index contributed by atoms with van der Waals surface area (Å²) in [7, 11) is 0. The molecule has 3 amide bonds. The molecule has 1 aliphatic rings. The monoisotopic (exact) mass is 542 g/mol. The van der Waals surface area contributed by atoms with Gasteiger partial charge < -0.3 is 30.3 Å². The molecule has 1 aromatic carbocycles. The zero-order valence-electron chi connectivity index (χ0n) is 23.6. The summed E-state index contributed by atoms with van der Waals surface area (Å²) in [5.41, 5.74) is 6.09. The van der Waals surface area contributed by atoms with Crippen molar-refractivity contribution < 1.29 is 33.4 Å². The zero-order chi connectivity index (χ0) is 29.5. The molecule has 1 heterocycles. The molecule has 2 rings (SSSR count). The Kier molecular flexibility index (Phi) is 10.6. The first-order valence-corrected chi connectivity index (χ1v) is 12.9. The molecule has 2 atom stereocenters. The van der Waals surface area contributed by atoms with Crippen LogP contribution in [0.4, 0.5) is 5.69 Å². The van der Waals surface area contributed by atoms with Gasteiger partial charge in [0, 0.05) is 30.1 Å². The average molecular weight is 543 g/mol. The number of nitrogens with one attached hydrogen (secondary N) is 1. The molecule has 0 aromatic heterocycles. The number of hydrogen-bond donors (Lipinski definition) is 2. The van der Waals surface area contributed by atoms with Crippen molar-refractivity contribution in [2.45, 2.75) is 78.6 Å². The maximum atomic E-state index is 13.6. The summed E-state index contributed by atoms with van der Waals surface area (Å²) in [6, 6.07) is 2.87. The summed E-state index contributed by atoms with van der Waals surface area (Å²) in [4.78, 5) is 65.9. The van der Waals surface area contributed by atoms with E-state index < -0.39 is 41.4 Å². The van der Waals surface area contributed by atoms with Crippen molar-refractivity contribution >= 4 is 35.3 Å². The van der Waals surface area contributed by atoms with E-state index in [1.54, 1.807) is 46.8 Å². The number of benzene rings is 1. The van der Waals surface area contributed by atoms with Crippen molar-refractivity contribution in [3.8, 4) is 11.8 Å². The Labute approximate surface area is 229 Å². The minimum atomic E-state index is -1.05. The highest BCUT2D eigenvalue weighted by molar-refractivity contribution is 6.10. The molecule has 0 fully saturated rings. The fourth-order valence-corrected chi connectivity index (χ4v) is 3.91. The number of nitrogens with two attached hydrogens (primary N) is 1. The van der Waals surface area contributed by atoms with E-state index in [9.17, 15) is 24.0 Å². The Morgan fingerprint density at radius 1 is 1.15 bits per heavy atom. The van der Waals surface area contributed by atoms with Gasteiger partial charge in [-0.05, 0) is 66.7 Å². The van der Waals surface area contributed by atoms with Crippen molar-refractivity contribution in [2.24, 2.45) is 5.73 Å². The molecular formula is C28H38N4O7. The minimum Gasteiger partial charge on any atom is -0.466 e. The van der Waals surface area contributed by atoms with E-state index in [1.165, 1.54) is 15.9 Å². The van der Waals surface area contributed by atoms with Gasteiger partial charge in [-0.3, -0.25) is 24.0 Å². The van der Waals surface area contributed by atoms with Gasteiger partial charge in [-0.25, -0.2) is 0 Å². The fourth-order valence-electron chi connectivity index (χ4n) is 3.91. The van der Waals surface area contributed by atoms with Crippen molar-refractivity contribution in [1.82, 2.24) is 10.2 Å². The zero-order valence-corrected chi connectivity index (χ0v) is 23.6. The molecule has 2 unspecified atom stereocenters. The third kappa shape index (κ3) is 8.82. The lowest BCUT2D eigenvalue weighted by Gasteiger charge is -2.28. The molecule has 212 valence electrons. The van der Waals surface area contributed by atoms with Gasteiger partial charge in [-0.15, -0.1) is 0 Å². The number of hydrogen-bond acceptors (Lipinski definition) is 8. The molecule has 1 aliphatic heterocycles. The Hall–Kier alpha value is -3.91. The van der Waals surface area contributed by atoms with Crippen LogP contribution in [0, 0.1) is 11.8 Å². The van der Waals surface area contributed by atoms with Crippen molar-refractivity contribution in [3.05, 3.63) is 29.3 Å². The van der Waals surface area contributed by atoms with Crippen LogP contribution in [0.2, 0.25) is 0 Å². The Bertz CT molecular complexity index is 1180. The molecule has 0 radical (unpaired) electrons. The molecule has 0 saturated carbocycles. The van der Waals surface area contributed by atoms with E-state index >= 15 is 0 Å². The number of carbonyl (C=O) groups excluding carboxylic acids is 5. The number of fused-ring (bicyclic) bond motifs is 1. The summed E-state index contributed by atoms with van der Waals surface area (Å²) in [5, 5.41) is 2.47. The second-order valence-electron chi connectivity index (χ2n) is 10.5. The third-order valence-corrected chi connectivity index (χ3v) is 5.65. The van der Waals surface area contributed by atoms with Gasteiger partial charge in [0.05, 0.1) is 24.3 Å². The molecule has 11 heteroatoms. The van der Waals surface area contributed by atoms with Crippen LogP contribution in [0.25, 0.3) is 0 Å². The average Bonchev–Trinajstić information content (AvgIpc) is 2.93. The van der Waals surface area contributed by atoms with E-state index in [-0.39, 0.29) is 43.6 Å². The number of nitrogens with zero attached hydrogens (tertiary/aromatic N) is 2. The minimum absolute atomic E-state index is 0.0605. The van der Waals surface area contributed by atoms with Gasteiger partial charge >= 0.3 is 11.9 Å². The molecule has 0 spiro atoms. The van der Waals surface area contributed by atoms with Crippen LogP contribution in [-0.2, 0) is 28.7 Å². The van der Waals surface area contributed by atoms with Gasteiger partial charge in [-0.2, -0.15) is 0 Å². The first-order valence-electron chi connectivity index (χ1n) is 12.9. The van der Waals surface area contributed by atoms with Gasteiger partial charge in [0.1, 0.15) is 18.2 Å². The molecule has 3 N–H and O–H groups in total. The molecule has 11 nitrogen and oxygen atoms in total.